The fourth-order valence-corrected chi connectivity index (χ4v) is 3.21. The molecule has 1 amide bonds. The smallest absolute Gasteiger partial charge is 0.225 e. The Morgan fingerprint density at radius 3 is 2.43 bits per heavy atom. The molecule has 2 rings (SSSR count). The molecule has 0 radical (unpaired) electrons. The Balaban J connectivity index is 1.76. The van der Waals surface area contributed by atoms with E-state index in [1.54, 1.807) is 14.2 Å². The molecule has 1 heterocycles. The summed E-state index contributed by atoms with van der Waals surface area (Å²) in [6, 6.07) is 7.93. The summed E-state index contributed by atoms with van der Waals surface area (Å²) in [5, 5.41) is 6.78. The number of rotatable bonds is 7. The van der Waals surface area contributed by atoms with Crippen molar-refractivity contribution >= 4 is 11.9 Å². The maximum absolute atomic E-state index is 12.1. The normalized spacial score (nSPS) is 16.6. The molecule has 7 nitrogen and oxygen atoms in total. The van der Waals surface area contributed by atoms with Crippen LogP contribution in [0.4, 0.5) is 0 Å². The van der Waals surface area contributed by atoms with E-state index in [2.05, 4.69) is 15.6 Å². The first kappa shape index (κ1) is 21.9. The molecule has 1 unspecified atom stereocenters. The zero-order valence-electron chi connectivity index (χ0n) is 17.7. The number of hydrogen-bond acceptors (Lipinski definition) is 4. The Kier molecular flexibility index (Phi) is 8.42. The van der Waals surface area contributed by atoms with Crippen molar-refractivity contribution in [1.82, 2.24) is 15.5 Å². The lowest BCUT2D eigenvalue weighted by Crippen LogP contribution is -2.51. The number of ether oxygens (including phenoxy) is 2. The van der Waals surface area contributed by atoms with Gasteiger partial charge in [-0.25, -0.2) is 0 Å². The Labute approximate surface area is 168 Å². The number of hydrogen-bond donors (Lipinski definition) is 2. The Bertz CT molecular complexity index is 655. The van der Waals surface area contributed by atoms with Crippen LogP contribution in [-0.4, -0.2) is 62.7 Å². The molecular formula is C21H34N4O3. The van der Waals surface area contributed by atoms with Crippen LogP contribution in [0.5, 0.6) is 11.5 Å². The maximum atomic E-state index is 12.1. The van der Waals surface area contributed by atoms with Gasteiger partial charge in [0.05, 0.1) is 13.7 Å². The highest BCUT2D eigenvalue weighted by atomic mass is 16.5. The van der Waals surface area contributed by atoms with Gasteiger partial charge in [0.1, 0.15) is 6.10 Å². The van der Waals surface area contributed by atoms with Crippen LogP contribution in [0.1, 0.15) is 33.6 Å². The molecule has 0 bridgehead atoms. The molecule has 1 aliphatic rings. The first-order chi connectivity index (χ1) is 13.4. The Hall–Kier alpha value is -2.44. The summed E-state index contributed by atoms with van der Waals surface area (Å²) < 4.78 is 11.3. The van der Waals surface area contributed by atoms with Gasteiger partial charge in [-0.1, -0.05) is 26.0 Å². The fourth-order valence-electron chi connectivity index (χ4n) is 3.21. The van der Waals surface area contributed by atoms with Crippen LogP contribution in [0.3, 0.4) is 0 Å². The molecule has 1 aromatic carbocycles. The predicted octanol–water partition coefficient (Wildman–Crippen LogP) is 2.27. The highest BCUT2D eigenvalue weighted by Crippen LogP contribution is 2.26. The first-order valence-electron chi connectivity index (χ1n) is 10.00. The standard InChI is InChI=1S/C21H34N4O3/c1-15(2)20(26)25-12-10-17(11-13-25)24-21(22-4)23-14-16(3)28-19-9-7-6-8-18(19)27-5/h6-9,15-17H,10-14H2,1-5H3,(H2,22,23,24). The average Bonchev–Trinajstić information content (AvgIpc) is 2.71. The number of para-hydroxylation sites is 2. The molecule has 1 fully saturated rings. The number of nitrogens with one attached hydrogen (secondary N) is 2. The van der Waals surface area contributed by atoms with Crippen LogP contribution in [0.2, 0.25) is 0 Å². The lowest BCUT2D eigenvalue weighted by atomic mass is 10.0. The minimum atomic E-state index is -0.0552. The molecule has 7 heteroatoms. The number of amides is 1. The molecule has 0 aromatic heterocycles. The van der Waals surface area contributed by atoms with E-state index in [1.807, 2.05) is 49.9 Å². The number of guanidine groups is 1. The topological polar surface area (TPSA) is 75.2 Å². The van der Waals surface area contributed by atoms with E-state index >= 15 is 0 Å². The summed E-state index contributed by atoms with van der Waals surface area (Å²) in [6.07, 6.45) is 1.79. The van der Waals surface area contributed by atoms with Crippen LogP contribution in [0.15, 0.2) is 29.3 Å². The largest absolute Gasteiger partial charge is 0.493 e. The molecule has 156 valence electrons. The number of likely N-dealkylation sites (tertiary alicyclic amines) is 1. The molecule has 1 aromatic rings. The van der Waals surface area contributed by atoms with Gasteiger partial charge in [0.15, 0.2) is 17.5 Å². The Morgan fingerprint density at radius 2 is 1.86 bits per heavy atom. The number of carbonyl (C=O) groups is 1. The number of nitrogens with zero attached hydrogens (tertiary/aromatic N) is 2. The van der Waals surface area contributed by atoms with E-state index in [0.717, 1.165) is 43.4 Å². The van der Waals surface area contributed by atoms with Crippen molar-refractivity contribution in [1.29, 1.82) is 0 Å². The highest BCUT2D eigenvalue weighted by molar-refractivity contribution is 5.80. The van der Waals surface area contributed by atoms with Crippen LogP contribution >= 0.6 is 0 Å². The number of benzene rings is 1. The van der Waals surface area contributed by atoms with Gasteiger partial charge in [-0.05, 0) is 31.9 Å². The van der Waals surface area contributed by atoms with Crippen molar-refractivity contribution in [3.63, 3.8) is 0 Å². The third-order valence-corrected chi connectivity index (χ3v) is 4.82. The average molecular weight is 391 g/mol. The van der Waals surface area contributed by atoms with Gasteiger partial charge in [0.25, 0.3) is 0 Å². The van der Waals surface area contributed by atoms with Crippen molar-refractivity contribution in [2.75, 3.05) is 33.8 Å². The third-order valence-electron chi connectivity index (χ3n) is 4.82. The molecule has 0 aliphatic carbocycles. The lowest BCUT2D eigenvalue weighted by Gasteiger charge is -2.34. The zero-order chi connectivity index (χ0) is 20.5. The second-order valence-electron chi connectivity index (χ2n) is 7.43. The van der Waals surface area contributed by atoms with Gasteiger partial charge in [-0.15, -0.1) is 0 Å². The quantitative estimate of drug-likeness (QED) is 0.552. The summed E-state index contributed by atoms with van der Waals surface area (Å²) in [6.45, 7) is 8.10. The number of methoxy groups -OCH3 is 1. The van der Waals surface area contributed by atoms with Crippen LogP contribution in [0, 0.1) is 5.92 Å². The minimum absolute atomic E-state index is 0.0552. The van der Waals surface area contributed by atoms with E-state index in [1.165, 1.54) is 0 Å². The molecular weight excluding hydrogens is 356 g/mol. The molecule has 0 spiro atoms. The van der Waals surface area contributed by atoms with Crippen molar-refractivity contribution in [2.24, 2.45) is 10.9 Å². The van der Waals surface area contributed by atoms with E-state index in [0.29, 0.717) is 12.6 Å². The van der Waals surface area contributed by atoms with Crippen molar-refractivity contribution < 1.29 is 14.3 Å². The molecule has 28 heavy (non-hydrogen) atoms. The van der Waals surface area contributed by atoms with E-state index in [-0.39, 0.29) is 17.9 Å². The first-order valence-corrected chi connectivity index (χ1v) is 10.00. The van der Waals surface area contributed by atoms with E-state index < -0.39 is 0 Å². The SMILES string of the molecule is CN=C(NCC(C)Oc1ccccc1OC)NC1CCN(C(=O)C(C)C)CC1. The molecule has 2 N–H and O–H groups in total. The summed E-state index contributed by atoms with van der Waals surface area (Å²) in [7, 11) is 3.40. The third kappa shape index (κ3) is 6.32. The fraction of sp³-hybridized carbons (Fsp3) is 0.619. The van der Waals surface area contributed by atoms with Crippen LogP contribution < -0.4 is 20.1 Å². The van der Waals surface area contributed by atoms with Crippen molar-refractivity contribution in [2.45, 2.75) is 45.8 Å². The van der Waals surface area contributed by atoms with Crippen molar-refractivity contribution in [3.05, 3.63) is 24.3 Å². The number of piperidine rings is 1. The lowest BCUT2D eigenvalue weighted by molar-refractivity contribution is -0.135. The van der Waals surface area contributed by atoms with Gasteiger partial charge in [-0.2, -0.15) is 0 Å². The molecule has 1 aliphatic heterocycles. The monoisotopic (exact) mass is 390 g/mol. The Morgan fingerprint density at radius 1 is 1.21 bits per heavy atom. The van der Waals surface area contributed by atoms with Gasteiger partial charge >= 0.3 is 0 Å². The summed E-state index contributed by atoms with van der Waals surface area (Å²) >= 11 is 0. The van der Waals surface area contributed by atoms with Crippen LogP contribution in [-0.2, 0) is 4.79 Å². The van der Waals surface area contributed by atoms with Gasteiger partial charge < -0.3 is 25.0 Å². The number of aliphatic imine (C=N–C) groups is 1. The number of carbonyl (C=O) groups excluding carboxylic acids is 1. The minimum Gasteiger partial charge on any atom is -0.493 e. The maximum Gasteiger partial charge on any atom is 0.225 e. The molecule has 0 saturated carbocycles. The van der Waals surface area contributed by atoms with E-state index in [4.69, 9.17) is 9.47 Å². The van der Waals surface area contributed by atoms with Crippen LogP contribution in [0.25, 0.3) is 0 Å². The summed E-state index contributed by atoms with van der Waals surface area (Å²) in [5.74, 6) is 2.50. The summed E-state index contributed by atoms with van der Waals surface area (Å²) in [5.41, 5.74) is 0. The predicted molar refractivity (Wildman–Crippen MR) is 112 cm³/mol. The highest BCUT2D eigenvalue weighted by Gasteiger charge is 2.24. The summed E-state index contributed by atoms with van der Waals surface area (Å²) in [4.78, 5) is 18.4. The second-order valence-corrected chi connectivity index (χ2v) is 7.43. The zero-order valence-corrected chi connectivity index (χ0v) is 17.7. The van der Waals surface area contributed by atoms with Gasteiger partial charge in [0.2, 0.25) is 5.91 Å². The van der Waals surface area contributed by atoms with Gasteiger partial charge in [-0.3, -0.25) is 9.79 Å². The molecule has 1 atom stereocenters. The molecule has 1 saturated heterocycles. The van der Waals surface area contributed by atoms with Gasteiger partial charge in [0, 0.05) is 32.1 Å². The van der Waals surface area contributed by atoms with E-state index in [9.17, 15) is 4.79 Å². The second kappa shape index (κ2) is 10.8. The van der Waals surface area contributed by atoms with Crippen molar-refractivity contribution in [3.8, 4) is 11.5 Å².